The summed E-state index contributed by atoms with van der Waals surface area (Å²) in [5, 5.41) is 12.1. The predicted octanol–water partition coefficient (Wildman–Crippen LogP) is 2.37. The van der Waals surface area contributed by atoms with E-state index in [9.17, 15) is 14.7 Å². The lowest BCUT2D eigenvalue weighted by molar-refractivity contribution is -0.138. The topological polar surface area (TPSA) is 79.5 Å². The van der Waals surface area contributed by atoms with Crippen LogP contribution < -0.4 is 5.32 Å². The second-order valence-corrected chi connectivity index (χ2v) is 5.51. The molecule has 1 heterocycles. The number of rotatable bonds is 6. The largest absolute Gasteiger partial charge is 0.481 e. The third-order valence-corrected chi connectivity index (χ3v) is 4.02. The van der Waals surface area contributed by atoms with Gasteiger partial charge in [-0.2, -0.15) is 0 Å². The van der Waals surface area contributed by atoms with Gasteiger partial charge < -0.3 is 14.8 Å². The Hall–Kier alpha value is -2.56. The van der Waals surface area contributed by atoms with Crippen LogP contribution >= 0.6 is 0 Å². The van der Waals surface area contributed by atoms with Crippen LogP contribution in [0.25, 0.3) is 0 Å². The van der Waals surface area contributed by atoms with Gasteiger partial charge in [-0.25, -0.2) is 0 Å². The second-order valence-electron chi connectivity index (χ2n) is 5.51. The summed E-state index contributed by atoms with van der Waals surface area (Å²) in [7, 11) is 0. The number of furan rings is 1. The maximum Gasteiger partial charge on any atom is 0.312 e. The van der Waals surface area contributed by atoms with Crippen molar-refractivity contribution in [2.75, 3.05) is 6.54 Å². The van der Waals surface area contributed by atoms with Gasteiger partial charge in [0.15, 0.2) is 0 Å². The average Bonchev–Trinajstić information content (AvgIpc) is 3.14. The highest BCUT2D eigenvalue weighted by Crippen LogP contribution is 2.47. The smallest absolute Gasteiger partial charge is 0.312 e. The molecule has 3 unspecified atom stereocenters. The van der Waals surface area contributed by atoms with Crippen molar-refractivity contribution in [1.82, 2.24) is 5.32 Å². The third kappa shape index (κ3) is 3.03. The first-order valence-electron chi connectivity index (χ1n) is 7.25. The summed E-state index contributed by atoms with van der Waals surface area (Å²) in [6.07, 6.45) is 2.35. The summed E-state index contributed by atoms with van der Waals surface area (Å²) < 4.78 is 5.30. The minimum Gasteiger partial charge on any atom is -0.481 e. The van der Waals surface area contributed by atoms with Gasteiger partial charge in [-0.15, -0.1) is 0 Å². The van der Waals surface area contributed by atoms with Crippen LogP contribution in [0, 0.1) is 5.92 Å². The highest BCUT2D eigenvalue weighted by Gasteiger charge is 2.45. The van der Waals surface area contributed by atoms with Crippen molar-refractivity contribution in [3.8, 4) is 0 Å². The Morgan fingerprint density at radius 2 is 2.00 bits per heavy atom. The molecule has 1 aromatic carbocycles. The van der Waals surface area contributed by atoms with Crippen molar-refractivity contribution in [3.05, 3.63) is 60.1 Å². The van der Waals surface area contributed by atoms with Crippen molar-refractivity contribution in [2.45, 2.75) is 18.3 Å². The lowest BCUT2D eigenvalue weighted by atomic mass is 9.99. The Balaban J connectivity index is 1.57. The molecule has 0 spiro atoms. The maximum atomic E-state index is 12.1. The Bertz CT molecular complexity index is 651. The molecule has 0 saturated heterocycles. The number of hydrogen-bond acceptors (Lipinski definition) is 3. The van der Waals surface area contributed by atoms with E-state index >= 15 is 0 Å². The molecule has 3 rings (SSSR count). The molecule has 1 aromatic heterocycles. The SMILES string of the molecule is O=C(O)C(CNC(=O)C1CC1c1ccco1)c1ccccc1. The summed E-state index contributed by atoms with van der Waals surface area (Å²) in [6, 6.07) is 12.6. The molecule has 1 aliphatic rings. The summed E-state index contributed by atoms with van der Waals surface area (Å²) in [5.41, 5.74) is 0.689. The normalized spacial score (nSPS) is 21.1. The van der Waals surface area contributed by atoms with E-state index in [1.807, 2.05) is 12.1 Å². The highest BCUT2D eigenvalue weighted by atomic mass is 16.4. The number of benzene rings is 1. The molecule has 1 saturated carbocycles. The third-order valence-electron chi connectivity index (χ3n) is 4.02. The van der Waals surface area contributed by atoms with Gasteiger partial charge in [-0.05, 0) is 24.1 Å². The van der Waals surface area contributed by atoms with Crippen molar-refractivity contribution in [2.24, 2.45) is 5.92 Å². The van der Waals surface area contributed by atoms with Gasteiger partial charge in [0.05, 0.1) is 12.2 Å². The zero-order valence-corrected chi connectivity index (χ0v) is 11.9. The Kier molecular flexibility index (Phi) is 3.96. The molecule has 1 aliphatic carbocycles. The lowest BCUT2D eigenvalue weighted by Gasteiger charge is -2.13. The molecule has 0 bridgehead atoms. The van der Waals surface area contributed by atoms with E-state index < -0.39 is 11.9 Å². The molecule has 3 atom stereocenters. The number of nitrogens with one attached hydrogen (secondary N) is 1. The molecule has 5 heteroatoms. The van der Waals surface area contributed by atoms with Crippen molar-refractivity contribution >= 4 is 11.9 Å². The van der Waals surface area contributed by atoms with Crippen LogP contribution in [0.2, 0.25) is 0 Å². The number of carbonyl (C=O) groups excluding carboxylic acids is 1. The molecule has 114 valence electrons. The van der Waals surface area contributed by atoms with Gasteiger partial charge in [-0.3, -0.25) is 9.59 Å². The molecule has 2 N–H and O–H groups in total. The van der Waals surface area contributed by atoms with Gasteiger partial charge in [0.25, 0.3) is 0 Å². The van der Waals surface area contributed by atoms with Crippen molar-refractivity contribution in [3.63, 3.8) is 0 Å². The van der Waals surface area contributed by atoms with Gasteiger partial charge in [0, 0.05) is 18.4 Å². The van der Waals surface area contributed by atoms with E-state index in [0.717, 1.165) is 12.2 Å². The van der Waals surface area contributed by atoms with E-state index in [-0.39, 0.29) is 24.3 Å². The number of carboxylic acids is 1. The summed E-state index contributed by atoms with van der Waals surface area (Å²) in [5.74, 6) is -0.955. The summed E-state index contributed by atoms with van der Waals surface area (Å²) in [4.78, 5) is 23.5. The molecule has 22 heavy (non-hydrogen) atoms. The van der Waals surface area contributed by atoms with Crippen LogP contribution in [-0.4, -0.2) is 23.5 Å². The van der Waals surface area contributed by atoms with E-state index in [1.54, 1.807) is 36.6 Å². The minimum absolute atomic E-state index is 0.0968. The fourth-order valence-electron chi connectivity index (χ4n) is 2.67. The monoisotopic (exact) mass is 299 g/mol. The minimum atomic E-state index is -0.940. The van der Waals surface area contributed by atoms with Crippen LogP contribution in [0.5, 0.6) is 0 Å². The first-order valence-corrected chi connectivity index (χ1v) is 7.25. The fraction of sp³-hybridized carbons (Fsp3) is 0.294. The van der Waals surface area contributed by atoms with Gasteiger partial charge in [0.1, 0.15) is 5.76 Å². The first kappa shape index (κ1) is 14.4. The molecular formula is C17H17NO4. The summed E-state index contributed by atoms with van der Waals surface area (Å²) >= 11 is 0. The zero-order chi connectivity index (χ0) is 15.5. The molecule has 1 amide bonds. The number of aliphatic carboxylic acids is 1. The van der Waals surface area contributed by atoms with Gasteiger partial charge >= 0.3 is 5.97 Å². The fourth-order valence-corrected chi connectivity index (χ4v) is 2.67. The van der Waals surface area contributed by atoms with E-state index in [2.05, 4.69) is 5.32 Å². The zero-order valence-electron chi connectivity index (χ0n) is 11.9. The number of amides is 1. The molecular weight excluding hydrogens is 282 g/mol. The second kappa shape index (κ2) is 6.05. The lowest BCUT2D eigenvalue weighted by Crippen LogP contribution is -2.32. The molecule has 0 aliphatic heterocycles. The predicted molar refractivity (Wildman–Crippen MR) is 79.4 cm³/mol. The van der Waals surface area contributed by atoms with E-state index in [1.165, 1.54) is 0 Å². The van der Waals surface area contributed by atoms with Crippen LogP contribution in [0.4, 0.5) is 0 Å². The van der Waals surface area contributed by atoms with Crippen molar-refractivity contribution in [1.29, 1.82) is 0 Å². The Morgan fingerprint density at radius 1 is 1.23 bits per heavy atom. The summed E-state index contributed by atoms with van der Waals surface area (Å²) in [6.45, 7) is 0.0968. The maximum absolute atomic E-state index is 12.1. The van der Waals surface area contributed by atoms with Gasteiger partial charge in [-0.1, -0.05) is 30.3 Å². The Morgan fingerprint density at radius 3 is 2.64 bits per heavy atom. The van der Waals surface area contributed by atoms with Crippen molar-refractivity contribution < 1.29 is 19.1 Å². The number of carboxylic acid groups (broad SMARTS) is 1. The average molecular weight is 299 g/mol. The quantitative estimate of drug-likeness (QED) is 0.858. The standard InChI is InChI=1S/C17H17NO4/c19-16(13-9-12(13)15-7-4-8-22-15)18-10-14(17(20)21)11-5-2-1-3-6-11/h1-8,12-14H,9-10H2,(H,18,19)(H,20,21). The van der Waals surface area contributed by atoms with Crippen LogP contribution in [-0.2, 0) is 9.59 Å². The van der Waals surface area contributed by atoms with Crippen LogP contribution in [0.1, 0.15) is 29.6 Å². The molecule has 2 aromatic rings. The molecule has 5 nitrogen and oxygen atoms in total. The number of carbonyl (C=O) groups is 2. The highest BCUT2D eigenvalue weighted by molar-refractivity contribution is 5.84. The molecule has 0 radical (unpaired) electrons. The number of hydrogen-bond donors (Lipinski definition) is 2. The van der Waals surface area contributed by atoms with E-state index in [0.29, 0.717) is 5.56 Å². The Labute approximate surface area is 127 Å². The molecule has 1 fully saturated rings. The van der Waals surface area contributed by atoms with Gasteiger partial charge in [0.2, 0.25) is 5.91 Å². The van der Waals surface area contributed by atoms with E-state index in [4.69, 9.17) is 4.42 Å². The van der Waals surface area contributed by atoms with Crippen LogP contribution in [0.3, 0.4) is 0 Å². The first-order chi connectivity index (χ1) is 10.7. The van der Waals surface area contributed by atoms with Crippen LogP contribution in [0.15, 0.2) is 53.1 Å².